The van der Waals surface area contributed by atoms with Crippen molar-refractivity contribution in [3.8, 4) is 0 Å². The molecule has 1 nitrogen and oxygen atoms in total. The third-order valence-corrected chi connectivity index (χ3v) is 1.13. The van der Waals surface area contributed by atoms with Gasteiger partial charge in [0.2, 0.25) is 0 Å². The van der Waals surface area contributed by atoms with Crippen LogP contribution < -0.4 is 5.73 Å². The number of hydrogen-bond acceptors (Lipinski definition) is 1. The summed E-state index contributed by atoms with van der Waals surface area (Å²) in [6, 6.07) is 0. The van der Waals surface area contributed by atoms with Crippen molar-refractivity contribution in [3.05, 3.63) is 22.9 Å². The molecule has 0 aliphatic rings. The molecule has 0 aromatic heterocycles. The molecule has 15 heavy (non-hydrogen) atoms. The maximum Gasteiger partial charge on any atom is 0.00785 e. The SMILES string of the molecule is CC.CC.CC.CC(C)=C/C(C)=C(/C)N. The van der Waals surface area contributed by atoms with Crippen LogP contribution in [0.2, 0.25) is 0 Å². The van der Waals surface area contributed by atoms with Crippen molar-refractivity contribution in [1.29, 1.82) is 0 Å². The van der Waals surface area contributed by atoms with Crippen LogP contribution in [0.15, 0.2) is 22.9 Å². The lowest BCUT2D eigenvalue weighted by molar-refractivity contribution is 1.22. The molecule has 0 fully saturated rings. The average Bonchev–Trinajstić information content (AvgIpc) is 2.25. The summed E-state index contributed by atoms with van der Waals surface area (Å²) in [6.45, 7) is 20.1. The summed E-state index contributed by atoms with van der Waals surface area (Å²) >= 11 is 0. The summed E-state index contributed by atoms with van der Waals surface area (Å²) in [5.41, 5.74) is 8.87. The fourth-order valence-corrected chi connectivity index (χ4v) is 0.547. The molecule has 0 heterocycles. The Kier molecular flexibility index (Phi) is 36.9. The topological polar surface area (TPSA) is 26.0 Å². The van der Waals surface area contributed by atoms with E-state index in [2.05, 4.69) is 19.9 Å². The van der Waals surface area contributed by atoms with Gasteiger partial charge in [-0.2, -0.15) is 0 Å². The van der Waals surface area contributed by atoms with E-state index in [1.165, 1.54) is 5.57 Å². The van der Waals surface area contributed by atoms with Crippen LogP contribution in [0.1, 0.15) is 69.2 Å². The van der Waals surface area contributed by atoms with Crippen LogP contribution in [0.5, 0.6) is 0 Å². The fourth-order valence-electron chi connectivity index (χ4n) is 0.547. The zero-order valence-electron chi connectivity index (χ0n) is 12.7. The van der Waals surface area contributed by atoms with Gasteiger partial charge in [-0.1, -0.05) is 53.2 Å². The van der Waals surface area contributed by atoms with E-state index >= 15 is 0 Å². The summed E-state index contributed by atoms with van der Waals surface area (Å²) in [5.74, 6) is 0. The van der Waals surface area contributed by atoms with Gasteiger partial charge in [-0.3, -0.25) is 0 Å². The van der Waals surface area contributed by atoms with E-state index in [0.717, 1.165) is 11.3 Å². The van der Waals surface area contributed by atoms with Gasteiger partial charge in [0.15, 0.2) is 0 Å². The molecule has 0 atom stereocenters. The minimum atomic E-state index is 0.899. The monoisotopic (exact) mass is 215 g/mol. The molecule has 0 radical (unpaired) electrons. The molecule has 1 heteroatoms. The largest absolute Gasteiger partial charge is 0.402 e. The molecule has 0 aliphatic heterocycles. The highest BCUT2D eigenvalue weighted by atomic mass is 14.5. The molecule has 2 N–H and O–H groups in total. The third-order valence-electron chi connectivity index (χ3n) is 1.13. The number of rotatable bonds is 1. The summed E-state index contributed by atoms with van der Waals surface area (Å²) in [5, 5.41) is 0. The molecule has 0 aliphatic carbocycles. The molecular formula is C14H33N. The van der Waals surface area contributed by atoms with Crippen molar-refractivity contribution in [2.75, 3.05) is 0 Å². The van der Waals surface area contributed by atoms with Crippen LogP contribution in [0.4, 0.5) is 0 Å². The first-order chi connectivity index (χ1) is 7.04. The number of allylic oxidation sites excluding steroid dienone is 4. The molecule has 0 saturated carbocycles. The van der Waals surface area contributed by atoms with Crippen molar-refractivity contribution in [3.63, 3.8) is 0 Å². The predicted molar refractivity (Wildman–Crippen MR) is 76.0 cm³/mol. The lowest BCUT2D eigenvalue weighted by atomic mass is 10.2. The summed E-state index contributed by atoms with van der Waals surface area (Å²) < 4.78 is 0. The van der Waals surface area contributed by atoms with Gasteiger partial charge in [0.1, 0.15) is 0 Å². The smallest absolute Gasteiger partial charge is 0.00785 e. The first-order valence-corrected chi connectivity index (χ1v) is 6.12. The summed E-state index contributed by atoms with van der Waals surface area (Å²) in [6.07, 6.45) is 2.08. The molecule has 0 rings (SSSR count). The van der Waals surface area contributed by atoms with Crippen molar-refractivity contribution in [1.82, 2.24) is 0 Å². The molecule has 0 aromatic rings. The van der Waals surface area contributed by atoms with Crippen LogP contribution in [0.3, 0.4) is 0 Å². The maximum atomic E-state index is 5.52. The normalized spacial score (nSPS) is 8.67. The second-order valence-corrected chi connectivity index (χ2v) is 2.59. The molecule has 0 saturated heterocycles. The number of hydrogen-bond donors (Lipinski definition) is 1. The highest BCUT2D eigenvalue weighted by Gasteiger charge is 1.85. The fraction of sp³-hybridized carbons (Fsp3) is 0.714. The van der Waals surface area contributed by atoms with Gasteiger partial charge in [0.25, 0.3) is 0 Å². The van der Waals surface area contributed by atoms with Crippen molar-refractivity contribution >= 4 is 0 Å². The van der Waals surface area contributed by atoms with Crippen LogP contribution >= 0.6 is 0 Å². The Morgan fingerprint density at radius 3 is 1.07 bits per heavy atom. The van der Waals surface area contributed by atoms with E-state index in [9.17, 15) is 0 Å². The van der Waals surface area contributed by atoms with E-state index in [4.69, 9.17) is 5.73 Å². The lowest BCUT2D eigenvalue weighted by Gasteiger charge is -1.95. The lowest BCUT2D eigenvalue weighted by Crippen LogP contribution is -1.93. The van der Waals surface area contributed by atoms with E-state index in [1.54, 1.807) is 0 Å². The highest BCUT2D eigenvalue weighted by Crippen LogP contribution is 2.02. The standard InChI is InChI=1S/C8H15N.3C2H6/c1-6(2)5-7(3)8(4)9;3*1-2/h5H,9H2,1-4H3;3*1-2H3/b8-7-;;;. The molecule has 0 amide bonds. The first kappa shape index (κ1) is 23.8. The zero-order valence-corrected chi connectivity index (χ0v) is 12.7. The van der Waals surface area contributed by atoms with Crippen molar-refractivity contribution < 1.29 is 0 Å². The van der Waals surface area contributed by atoms with E-state index < -0.39 is 0 Å². The highest BCUT2D eigenvalue weighted by molar-refractivity contribution is 5.22. The van der Waals surface area contributed by atoms with Crippen LogP contribution in [0.25, 0.3) is 0 Å². The van der Waals surface area contributed by atoms with Crippen molar-refractivity contribution in [2.45, 2.75) is 69.2 Å². The average molecular weight is 215 g/mol. The van der Waals surface area contributed by atoms with Gasteiger partial charge < -0.3 is 5.73 Å². The van der Waals surface area contributed by atoms with Crippen LogP contribution in [-0.4, -0.2) is 0 Å². The molecule has 0 aromatic carbocycles. The Balaban J connectivity index is -0.0000000860. The summed E-state index contributed by atoms with van der Waals surface area (Å²) in [4.78, 5) is 0. The van der Waals surface area contributed by atoms with Gasteiger partial charge in [-0.25, -0.2) is 0 Å². The molecule has 94 valence electrons. The molecule has 0 bridgehead atoms. The quantitative estimate of drug-likeness (QED) is 0.591. The van der Waals surface area contributed by atoms with Gasteiger partial charge in [0, 0.05) is 5.70 Å². The Labute approximate surface area is 98.5 Å². The van der Waals surface area contributed by atoms with Crippen molar-refractivity contribution in [2.24, 2.45) is 5.73 Å². The molecule has 0 unspecified atom stereocenters. The Morgan fingerprint density at radius 2 is 1.00 bits per heavy atom. The summed E-state index contributed by atoms with van der Waals surface area (Å²) in [7, 11) is 0. The van der Waals surface area contributed by atoms with Crippen LogP contribution in [-0.2, 0) is 0 Å². The Hall–Kier alpha value is -0.720. The Morgan fingerprint density at radius 1 is 0.733 bits per heavy atom. The zero-order chi connectivity index (χ0) is 13.4. The second kappa shape index (κ2) is 23.3. The number of nitrogens with two attached hydrogens (primary N) is 1. The minimum absolute atomic E-state index is 0.899. The van der Waals surface area contributed by atoms with E-state index in [1.807, 2.05) is 55.4 Å². The van der Waals surface area contributed by atoms with E-state index in [-0.39, 0.29) is 0 Å². The van der Waals surface area contributed by atoms with E-state index in [0.29, 0.717) is 0 Å². The minimum Gasteiger partial charge on any atom is -0.402 e. The van der Waals surface area contributed by atoms with Crippen LogP contribution in [0, 0.1) is 0 Å². The van der Waals surface area contributed by atoms with Gasteiger partial charge in [-0.15, -0.1) is 0 Å². The second-order valence-electron chi connectivity index (χ2n) is 2.59. The molecule has 0 spiro atoms. The maximum absolute atomic E-state index is 5.52. The molecular weight excluding hydrogens is 182 g/mol. The van der Waals surface area contributed by atoms with Gasteiger partial charge >= 0.3 is 0 Å². The predicted octanol–water partition coefficient (Wildman–Crippen LogP) is 5.28. The van der Waals surface area contributed by atoms with Gasteiger partial charge in [-0.05, 0) is 33.3 Å². The third kappa shape index (κ3) is 31.9. The van der Waals surface area contributed by atoms with Gasteiger partial charge in [0.05, 0.1) is 0 Å². The Bertz CT molecular complexity index is 145. The first-order valence-electron chi connectivity index (χ1n) is 6.12.